The van der Waals surface area contributed by atoms with Crippen LogP contribution in [0, 0.1) is 0 Å². The highest BCUT2D eigenvalue weighted by molar-refractivity contribution is 7.09. The molecule has 0 heterocycles. The van der Waals surface area contributed by atoms with Crippen LogP contribution in [0.15, 0.2) is 30.3 Å². The quantitative estimate of drug-likeness (QED) is 0.630. The molecule has 0 aliphatic rings. The molecule has 0 amide bonds. The lowest BCUT2D eigenvalue weighted by Gasteiger charge is -2.07. The molecule has 0 N–H and O–H groups in total. The molecule has 0 spiro atoms. The van der Waals surface area contributed by atoms with Crippen LogP contribution in [-0.4, -0.2) is 6.10 Å². The Kier molecular flexibility index (Phi) is 3.55. The van der Waals surface area contributed by atoms with Crippen molar-refractivity contribution in [1.29, 1.82) is 0 Å². The number of hydrogen-bond donors (Lipinski definition) is 0. The first-order valence-electron chi connectivity index (χ1n) is 3.72. The molecule has 11 heavy (non-hydrogen) atoms. The normalized spacial score (nSPS) is 12.9. The van der Waals surface area contributed by atoms with Crippen LogP contribution < -0.4 is 0 Å². The largest absolute Gasteiger partial charge is 0.362 e. The van der Waals surface area contributed by atoms with Crippen LogP contribution >= 0.6 is 9.47 Å². The Morgan fingerprint density at radius 3 is 2.55 bits per heavy atom. The van der Waals surface area contributed by atoms with Gasteiger partial charge in [-0.2, -0.15) is 0 Å². The van der Waals surface area contributed by atoms with E-state index in [0.29, 0.717) is 0 Å². The van der Waals surface area contributed by atoms with Crippen molar-refractivity contribution in [2.45, 2.75) is 19.4 Å². The van der Waals surface area contributed by atoms with Gasteiger partial charge in [-0.3, -0.25) is 0 Å². The molecule has 0 saturated heterocycles. The zero-order chi connectivity index (χ0) is 8.10. The van der Waals surface area contributed by atoms with Crippen molar-refractivity contribution in [3.63, 3.8) is 0 Å². The number of benzene rings is 1. The molecule has 0 fully saturated rings. The lowest BCUT2D eigenvalue weighted by Crippen LogP contribution is -2.04. The summed E-state index contributed by atoms with van der Waals surface area (Å²) in [5, 5.41) is 0. The standard InChI is InChI=1S/C9H13OP/c1-8(10-11)7-9-5-3-2-4-6-9/h2-6,8H,7,11H2,1H3. The second-order valence-electron chi connectivity index (χ2n) is 2.64. The average Bonchev–Trinajstić information content (AvgIpc) is 2.06. The molecule has 60 valence electrons. The molecule has 1 nitrogen and oxygen atoms in total. The van der Waals surface area contributed by atoms with Gasteiger partial charge in [-0.25, -0.2) is 0 Å². The zero-order valence-corrected chi connectivity index (χ0v) is 7.81. The highest BCUT2D eigenvalue weighted by Gasteiger charge is 1.99. The monoisotopic (exact) mass is 168 g/mol. The molecule has 1 rings (SSSR count). The summed E-state index contributed by atoms with van der Waals surface area (Å²) in [7, 11) is 2.29. The fourth-order valence-electron chi connectivity index (χ4n) is 0.994. The number of hydrogen-bond acceptors (Lipinski definition) is 1. The SMILES string of the molecule is CC(Cc1ccccc1)OP. The summed E-state index contributed by atoms with van der Waals surface area (Å²) in [5.41, 5.74) is 1.32. The smallest absolute Gasteiger partial charge is 0.0623 e. The van der Waals surface area contributed by atoms with E-state index >= 15 is 0 Å². The third kappa shape index (κ3) is 3.00. The first-order chi connectivity index (χ1) is 5.33. The van der Waals surface area contributed by atoms with E-state index in [1.165, 1.54) is 5.56 Å². The van der Waals surface area contributed by atoms with Gasteiger partial charge in [0, 0.05) is 9.47 Å². The highest BCUT2D eigenvalue weighted by Crippen LogP contribution is 2.07. The van der Waals surface area contributed by atoms with Gasteiger partial charge in [-0.05, 0) is 18.9 Å². The molecule has 0 bridgehead atoms. The first-order valence-corrected chi connectivity index (χ1v) is 4.19. The minimum Gasteiger partial charge on any atom is -0.362 e. The summed E-state index contributed by atoms with van der Waals surface area (Å²) < 4.78 is 5.07. The van der Waals surface area contributed by atoms with E-state index in [1.54, 1.807) is 0 Å². The maximum Gasteiger partial charge on any atom is 0.0623 e. The van der Waals surface area contributed by atoms with Crippen LogP contribution in [0.1, 0.15) is 12.5 Å². The van der Waals surface area contributed by atoms with Crippen LogP contribution in [-0.2, 0) is 10.9 Å². The van der Waals surface area contributed by atoms with Gasteiger partial charge in [0.15, 0.2) is 0 Å². The minimum absolute atomic E-state index is 0.280. The lowest BCUT2D eigenvalue weighted by atomic mass is 10.1. The highest BCUT2D eigenvalue weighted by atomic mass is 31.0. The van der Waals surface area contributed by atoms with Gasteiger partial charge >= 0.3 is 0 Å². The van der Waals surface area contributed by atoms with Crippen LogP contribution in [0.25, 0.3) is 0 Å². The van der Waals surface area contributed by atoms with Crippen molar-refractivity contribution in [2.75, 3.05) is 0 Å². The summed E-state index contributed by atoms with van der Waals surface area (Å²) in [4.78, 5) is 0. The molecule has 1 aromatic carbocycles. The van der Waals surface area contributed by atoms with Crippen molar-refractivity contribution >= 4 is 9.47 Å². The molecular formula is C9H13OP. The molecule has 1 aromatic rings. The van der Waals surface area contributed by atoms with Gasteiger partial charge in [0.1, 0.15) is 0 Å². The Labute approximate surface area is 70.1 Å². The predicted molar refractivity (Wildman–Crippen MR) is 50.4 cm³/mol. The lowest BCUT2D eigenvalue weighted by molar-refractivity contribution is 0.263. The molecular weight excluding hydrogens is 155 g/mol. The molecule has 0 aliphatic heterocycles. The van der Waals surface area contributed by atoms with Crippen LogP contribution in [0.3, 0.4) is 0 Å². The third-order valence-electron chi connectivity index (χ3n) is 1.60. The second-order valence-corrected chi connectivity index (χ2v) is 2.91. The van der Waals surface area contributed by atoms with E-state index < -0.39 is 0 Å². The van der Waals surface area contributed by atoms with Gasteiger partial charge in [-0.1, -0.05) is 30.3 Å². The topological polar surface area (TPSA) is 9.23 Å². The Hall–Kier alpha value is -0.390. The Morgan fingerprint density at radius 1 is 1.36 bits per heavy atom. The molecule has 2 unspecified atom stereocenters. The van der Waals surface area contributed by atoms with Crippen molar-refractivity contribution < 1.29 is 4.52 Å². The maximum absolute atomic E-state index is 5.07. The summed E-state index contributed by atoms with van der Waals surface area (Å²) in [6, 6.07) is 10.3. The van der Waals surface area contributed by atoms with E-state index in [0.717, 1.165) is 6.42 Å². The first kappa shape index (κ1) is 8.70. The number of rotatable bonds is 3. The van der Waals surface area contributed by atoms with E-state index in [2.05, 4.69) is 28.5 Å². The van der Waals surface area contributed by atoms with E-state index in [-0.39, 0.29) is 6.10 Å². The third-order valence-corrected chi connectivity index (χ3v) is 2.06. The van der Waals surface area contributed by atoms with Crippen molar-refractivity contribution in [1.82, 2.24) is 0 Å². The summed E-state index contributed by atoms with van der Waals surface area (Å²) in [6.07, 6.45) is 1.26. The fourth-order valence-corrected chi connectivity index (χ4v) is 1.09. The summed E-state index contributed by atoms with van der Waals surface area (Å²) in [5.74, 6) is 0. The Bertz CT molecular complexity index is 198. The predicted octanol–water partition coefficient (Wildman–Crippen LogP) is 2.42. The van der Waals surface area contributed by atoms with Crippen LogP contribution in [0.4, 0.5) is 0 Å². The van der Waals surface area contributed by atoms with Gasteiger partial charge in [0.2, 0.25) is 0 Å². The Morgan fingerprint density at radius 2 is 2.00 bits per heavy atom. The molecule has 0 saturated carbocycles. The van der Waals surface area contributed by atoms with Crippen molar-refractivity contribution in [2.24, 2.45) is 0 Å². The fraction of sp³-hybridized carbons (Fsp3) is 0.333. The van der Waals surface area contributed by atoms with E-state index in [4.69, 9.17) is 4.52 Å². The van der Waals surface area contributed by atoms with Gasteiger partial charge < -0.3 is 4.52 Å². The van der Waals surface area contributed by atoms with E-state index in [9.17, 15) is 0 Å². The van der Waals surface area contributed by atoms with Gasteiger partial charge in [-0.15, -0.1) is 0 Å². The van der Waals surface area contributed by atoms with Gasteiger partial charge in [0.05, 0.1) is 6.10 Å². The summed E-state index contributed by atoms with van der Waals surface area (Å²) in [6.45, 7) is 2.06. The van der Waals surface area contributed by atoms with E-state index in [1.807, 2.05) is 18.2 Å². The minimum atomic E-state index is 0.280. The second kappa shape index (κ2) is 4.48. The van der Waals surface area contributed by atoms with Crippen LogP contribution in [0.5, 0.6) is 0 Å². The van der Waals surface area contributed by atoms with Crippen LogP contribution in [0.2, 0.25) is 0 Å². The molecule has 0 aliphatic carbocycles. The summed E-state index contributed by atoms with van der Waals surface area (Å²) >= 11 is 0. The molecule has 0 aromatic heterocycles. The Balaban J connectivity index is 2.51. The van der Waals surface area contributed by atoms with Gasteiger partial charge in [0.25, 0.3) is 0 Å². The molecule has 2 heteroatoms. The molecule has 2 atom stereocenters. The maximum atomic E-state index is 5.07. The van der Waals surface area contributed by atoms with Crippen molar-refractivity contribution in [3.05, 3.63) is 35.9 Å². The molecule has 0 radical (unpaired) electrons. The zero-order valence-electron chi connectivity index (χ0n) is 6.66. The average molecular weight is 168 g/mol. The van der Waals surface area contributed by atoms with Crippen molar-refractivity contribution in [3.8, 4) is 0 Å².